The number of nitrogens with one attached hydrogen (secondary N) is 2. The Morgan fingerprint density at radius 2 is 1.70 bits per heavy atom. The van der Waals surface area contributed by atoms with Gasteiger partial charge in [-0.15, -0.1) is 0 Å². The first-order chi connectivity index (χ1) is 12.8. The fourth-order valence-electron chi connectivity index (χ4n) is 2.05. The summed E-state index contributed by atoms with van der Waals surface area (Å²) in [6.45, 7) is 1.80. The fraction of sp³-hybridized carbons (Fsp3) is 0.235. The van der Waals surface area contributed by atoms with Gasteiger partial charge in [0.15, 0.2) is 6.61 Å². The van der Waals surface area contributed by atoms with E-state index in [2.05, 4.69) is 10.0 Å². The summed E-state index contributed by atoms with van der Waals surface area (Å²) in [5.74, 6) is 0.180. The monoisotopic (exact) mass is 393 g/mol. The number of carbonyl (C=O) groups is 1. The molecule has 2 N–H and O–H groups in total. The van der Waals surface area contributed by atoms with Gasteiger partial charge in [-0.05, 0) is 31.2 Å². The third-order valence-electron chi connectivity index (χ3n) is 3.49. The van der Waals surface area contributed by atoms with Crippen LogP contribution >= 0.6 is 0 Å². The molecular weight excluding hydrogens is 374 g/mol. The van der Waals surface area contributed by atoms with E-state index in [4.69, 9.17) is 4.74 Å². The average Bonchev–Trinajstić information content (AvgIpc) is 2.65. The first-order valence-corrected chi connectivity index (χ1v) is 9.46. The summed E-state index contributed by atoms with van der Waals surface area (Å²) in [6.07, 6.45) is 0. The minimum Gasteiger partial charge on any atom is -0.484 e. The van der Waals surface area contributed by atoms with Crippen molar-refractivity contribution in [1.29, 1.82) is 0 Å². The number of nitrogens with zero attached hydrogens (tertiary/aromatic N) is 1. The number of nitro benzene ring substituents is 1. The molecule has 0 unspecified atom stereocenters. The number of carbonyl (C=O) groups excluding carboxylic acids is 1. The highest BCUT2D eigenvalue weighted by molar-refractivity contribution is 7.89. The Bertz CT molecular complexity index is 895. The van der Waals surface area contributed by atoms with E-state index in [0.29, 0.717) is 5.75 Å². The Morgan fingerprint density at radius 1 is 1.07 bits per heavy atom. The van der Waals surface area contributed by atoms with E-state index < -0.39 is 14.9 Å². The topological polar surface area (TPSA) is 128 Å². The molecule has 0 spiro atoms. The number of rotatable bonds is 9. The predicted molar refractivity (Wildman–Crippen MR) is 98.0 cm³/mol. The summed E-state index contributed by atoms with van der Waals surface area (Å²) in [7, 11) is -3.82. The molecule has 0 saturated carbocycles. The number of hydrogen-bond acceptors (Lipinski definition) is 6. The molecule has 1 amide bonds. The van der Waals surface area contributed by atoms with E-state index in [0.717, 1.165) is 29.8 Å². The zero-order valence-electron chi connectivity index (χ0n) is 14.5. The van der Waals surface area contributed by atoms with Crippen LogP contribution in [0.25, 0.3) is 0 Å². The van der Waals surface area contributed by atoms with Crippen LogP contribution in [0.5, 0.6) is 5.75 Å². The molecule has 27 heavy (non-hydrogen) atoms. The second-order valence-electron chi connectivity index (χ2n) is 5.60. The minimum atomic E-state index is -3.82. The molecule has 0 fully saturated rings. The maximum Gasteiger partial charge on any atom is 0.269 e. The summed E-state index contributed by atoms with van der Waals surface area (Å²) >= 11 is 0. The molecule has 0 saturated heterocycles. The van der Waals surface area contributed by atoms with Crippen molar-refractivity contribution in [2.24, 2.45) is 0 Å². The van der Waals surface area contributed by atoms with Crippen LogP contribution in [-0.4, -0.2) is 38.9 Å². The van der Waals surface area contributed by atoms with Crippen molar-refractivity contribution in [3.8, 4) is 5.75 Å². The highest BCUT2D eigenvalue weighted by Crippen LogP contribution is 2.15. The molecule has 0 aliphatic heterocycles. The third kappa shape index (κ3) is 6.35. The summed E-state index contributed by atoms with van der Waals surface area (Å²) in [4.78, 5) is 21.6. The van der Waals surface area contributed by atoms with E-state index in [9.17, 15) is 23.3 Å². The van der Waals surface area contributed by atoms with Crippen molar-refractivity contribution < 1.29 is 22.9 Å². The molecule has 9 nitrogen and oxygen atoms in total. The number of aryl methyl sites for hydroxylation is 1. The molecule has 0 aliphatic carbocycles. The fourth-order valence-corrected chi connectivity index (χ4v) is 3.08. The number of amides is 1. The molecule has 0 bridgehead atoms. The van der Waals surface area contributed by atoms with Gasteiger partial charge in [-0.25, -0.2) is 13.1 Å². The standard InChI is InChI=1S/C17H19N3O6S/c1-13-2-6-15(7-3-13)26-12-17(21)18-10-11-19-27(24,25)16-8-4-14(5-9-16)20(22)23/h2-9,19H,10-12H2,1H3,(H,18,21). The van der Waals surface area contributed by atoms with Crippen molar-refractivity contribution in [3.63, 3.8) is 0 Å². The first kappa shape index (κ1) is 20.3. The molecule has 0 aliphatic rings. The Kier molecular flexibility index (Phi) is 6.85. The molecule has 10 heteroatoms. The van der Waals surface area contributed by atoms with Gasteiger partial charge < -0.3 is 10.1 Å². The summed E-state index contributed by atoms with van der Waals surface area (Å²) in [6, 6.07) is 11.7. The summed E-state index contributed by atoms with van der Waals surface area (Å²) in [5.41, 5.74) is 0.877. The van der Waals surface area contributed by atoms with Gasteiger partial charge in [-0.3, -0.25) is 14.9 Å². The van der Waals surface area contributed by atoms with E-state index in [1.807, 2.05) is 19.1 Å². The van der Waals surface area contributed by atoms with Gasteiger partial charge in [0.2, 0.25) is 10.0 Å². The number of sulfonamides is 1. The maximum absolute atomic E-state index is 12.1. The SMILES string of the molecule is Cc1ccc(OCC(=O)NCCNS(=O)(=O)c2ccc([N+](=O)[O-])cc2)cc1. The summed E-state index contributed by atoms with van der Waals surface area (Å²) in [5, 5.41) is 13.1. The van der Waals surface area contributed by atoms with Crippen LogP contribution in [-0.2, 0) is 14.8 Å². The van der Waals surface area contributed by atoms with E-state index >= 15 is 0 Å². The quantitative estimate of drug-likeness (QED) is 0.376. The van der Waals surface area contributed by atoms with E-state index in [-0.39, 0.29) is 36.2 Å². The Balaban J connectivity index is 1.73. The average molecular weight is 393 g/mol. The van der Waals surface area contributed by atoms with E-state index in [1.165, 1.54) is 0 Å². The number of hydrogen-bond donors (Lipinski definition) is 2. The van der Waals surface area contributed by atoms with Gasteiger partial charge in [-0.1, -0.05) is 17.7 Å². The zero-order chi connectivity index (χ0) is 19.9. The van der Waals surface area contributed by atoms with Gasteiger partial charge in [0.25, 0.3) is 11.6 Å². The Labute approximate surface area is 156 Å². The van der Waals surface area contributed by atoms with Gasteiger partial charge in [0.1, 0.15) is 5.75 Å². The number of non-ortho nitro benzene ring substituents is 1. The van der Waals surface area contributed by atoms with Gasteiger partial charge in [-0.2, -0.15) is 0 Å². The van der Waals surface area contributed by atoms with Crippen LogP contribution in [0, 0.1) is 17.0 Å². The minimum absolute atomic E-state index is 0.0322. The molecule has 0 aromatic heterocycles. The normalized spacial score (nSPS) is 11.0. The highest BCUT2D eigenvalue weighted by Gasteiger charge is 2.15. The predicted octanol–water partition coefficient (Wildman–Crippen LogP) is 1.38. The number of benzene rings is 2. The molecular formula is C17H19N3O6S. The molecule has 0 atom stereocenters. The molecule has 144 valence electrons. The first-order valence-electron chi connectivity index (χ1n) is 7.98. The van der Waals surface area contributed by atoms with Crippen molar-refractivity contribution in [1.82, 2.24) is 10.0 Å². The zero-order valence-corrected chi connectivity index (χ0v) is 15.4. The van der Waals surface area contributed by atoms with Gasteiger partial charge in [0, 0.05) is 25.2 Å². The second kappa shape index (κ2) is 9.10. The molecule has 2 aromatic carbocycles. The Hall–Kier alpha value is -2.98. The smallest absolute Gasteiger partial charge is 0.269 e. The van der Waals surface area contributed by atoms with Gasteiger partial charge >= 0.3 is 0 Å². The number of nitro groups is 1. The van der Waals surface area contributed by atoms with Crippen molar-refractivity contribution >= 4 is 21.6 Å². The van der Waals surface area contributed by atoms with Crippen LogP contribution in [0.2, 0.25) is 0 Å². The third-order valence-corrected chi connectivity index (χ3v) is 4.96. The van der Waals surface area contributed by atoms with Crippen LogP contribution in [0.15, 0.2) is 53.4 Å². The van der Waals surface area contributed by atoms with Crippen LogP contribution < -0.4 is 14.8 Å². The van der Waals surface area contributed by atoms with Crippen LogP contribution in [0.3, 0.4) is 0 Å². The lowest BCUT2D eigenvalue weighted by molar-refractivity contribution is -0.384. The van der Waals surface area contributed by atoms with Crippen molar-refractivity contribution in [2.75, 3.05) is 19.7 Å². The lowest BCUT2D eigenvalue weighted by atomic mass is 10.2. The Morgan fingerprint density at radius 3 is 2.30 bits per heavy atom. The molecule has 2 aromatic rings. The molecule has 2 rings (SSSR count). The maximum atomic E-state index is 12.1. The lowest BCUT2D eigenvalue weighted by Crippen LogP contribution is -2.36. The summed E-state index contributed by atoms with van der Waals surface area (Å²) < 4.78 is 31.8. The van der Waals surface area contributed by atoms with Crippen LogP contribution in [0.4, 0.5) is 5.69 Å². The van der Waals surface area contributed by atoms with E-state index in [1.54, 1.807) is 12.1 Å². The molecule has 0 radical (unpaired) electrons. The van der Waals surface area contributed by atoms with Crippen molar-refractivity contribution in [3.05, 3.63) is 64.2 Å². The van der Waals surface area contributed by atoms with Crippen molar-refractivity contribution in [2.45, 2.75) is 11.8 Å². The molecule has 0 heterocycles. The second-order valence-corrected chi connectivity index (χ2v) is 7.37. The highest BCUT2D eigenvalue weighted by atomic mass is 32.2. The lowest BCUT2D eigenvalue weighted by Gasteiger charge is -2.09. The van der Waals surface area contributed by atoms with Gasteiger partial charge in [0.05, 0.1) is 9.82 Å². The number of ether oxygens (including phenoxy) is 1. The van der Waals surface area contributed by atoms with Crippen LogP contribution in [0.1, 0.15) is 5.56 Å². The largest absolute Gasteiger partial charge is 0.484 e.